The second kappa shape index (κ2) is 10.7. The number of carbonyl (C=O) groups is 1. The van der Waals surface area contributed by atoms with Crippen LogP contribution in [0, 0.1) is 5.82 Å². The fraction of sp³-hybridized carbons (Fsp3) is 0.269. The summed E-state index contributed by atoms with van der Waals surface area (Å²) in [6.07, 6.45) is 5.21. The van der Waals surface area contributed by atoms with Gasteiger partial charge in [0.05, 0.1) is 23.4 Å². The zero-order valence-corrected chi connectivity index (χ0v) is 21.8. The molecule has 2 heterocycles. The molecule has 1 amide bonds. The summed E-state index contributed by atoms with van der Waals surface area (Å²) in [4.78, 5) is 21.2. The molecular formula is C26H29FN6O3S. The Morgan fingerprint density at radius 1 is 1.22 bits per heavy atom. The van der Waals surface area contributed by atoms with E-state index in [0.717, 1.165) is 16.6 Å². The second-order valence-corrected chi connectivity index (χ2v) is 10.7. The highest BCUT2D eigenvalue weighted by atomic mass is 32.2. The zero-order valence-electron chi connectivity index (χ0n) is 21.0. The zero-order chi connectivity index (χ0) is 26.7. The van der Waals surface area contributed by atoms with Crippen LogP contribution in [0.15, 0.2) is 60.9 Å². The van der Waals surface area contributed by atoms with Crippen LogP contribution in [-0.2, 0) is 17.5 Å². The average Bonchev–Trinajstić information content (AvgIpc) is 3.24. The molecule has 37 heavy (non-hydrogen) atoms. The van der Waals surface area contributed by atoms with E-state index in [1.807, 2.05) is 41.1 Å². The van der Waals surface area contributed by atoms with Crippen LogP contribution in [0.25, 0.3) is 11.0 Å². The lowest BCUT2D eigenvalue weighted by Crippen LogP contribution is -2.38. The molecule has 0 aliphatic carbocycles. The van der Waals surface area contributed by atoms with E-state index in [4.69, 9.17) is 0 Å². The van der Waals surface area contributed by atoms with Gasteiger partial charge in [0, 0.05) is 43.3 Å². The number of nitrogens with zero attached hydrogens (tertiary/aromatic N) is 4. The van der Waals surface area contributed by atoms with E-state index in [1.165, 1.54) is 12.1 Å². The van der Waals surface area contributed by atoms with E-state index >= 15 is 0 Å². The van der Waals surface area contributed by atoms with E-state index in [1.54, 1.807) is 43.7 Å². The minimum absolute atomic E-state index is 0.00413. The van der Waals surface area contributed by atoms with Gasteiger partial charge in [-0.3, -0.25) is 9.10 Å². The molecule has 0 fully saturated rings. The van der Waals surface area contributed by atoms with Gasteiger partial charge in [-0.1, -0.05) is 18.2 Å². The Morgan fingerprint density at radius 3 is 2.68 bits per heavy atom. The number of para-hydroxylation sites is 1. The third-order valence-electron chi connectivity index (χ3n) is 5.71. The predicted molar refractivity (Wildman–Crippen MR) is 144 cm³/mol. The minimum atomic E-state index is -1.16. The number of amides is 1. The summed E-state index contributed by atoms with van der Waals surface area (Å²) in [6, 6.07) is 13.8. The Kier molecular flexibility index (Phi) is 7.55. The molecule has 1 unspecified atom stereocenters. The van der Waals surface area contributed by atoms with Crippen LogP contribution in [-0.4, -0.2) is 55.2 Å². The summed E-state index contributed by atoms with van der Waals surface area (Å²) in [5.74, 6) is -1.05. The second-order valence-electron chi connectivity index (χ2n) is 9.28. The minimum Gasteiger partial charge on any atom is -0.389 e. The number of rotatable bonds is 9. The summed E-state index contributed by atoms with van der Waals surface area (Å²) in [7, 11) is 0.622. The Bertz CT molecular complexity index is 1470. The van der Waals surface area contributed by atoms with E-state index in [2.05, 4.69) is 20.6 Å². The lowest BCUT2D eigenvalue weighted by molar-refractivity contribution is 0.0692. The van der Waals surface area contributed by atoms with Gasteiger partial charge in [-0.15, -0.1) is 0 Å². The van der Waals surface area contributed by atoms with Crippen molar-refractivity contribution in [3.05, 3.63) is 77.9 Å². The van der Waals surface area contributed by atoms with Gasteiger partial charge in [-0.05, 0) is 49.7 Å². The summed E-state index contributed by atoms with van der Waals surface area (Å²) in [5.41, 5.74) is 1.67. The topological polar surface area (TPSA) is 112 Å². The normalized spacial score (nSPS) is 12.4. The monoisotopic (exact) mass is 524 g/mol. The standard InChI is InChI=1S/C26H29FN6O3S/c1-26(2,35)16-29-24(34)20-10-9-19(13-21(20)27)30-25-28-14-17-11-12-33(23(17)31-25)15-18-7-5-6-8-22(18)32(3)37(4)36/h5-14,35H,15-16H2,1-4H3,(H,29,34)(H,28,30,31). The molecule has 2 aromatic heterocycles. The number of nitrogens with one attached hydrogen (secondary N) is 2. The lowest BCUT2D eigenvalue weighted by Gasteiger charge is -2.20. The first-order chi connectivity index (χ1) is 17.5. The third-order valence-corrected chi connectivity index (χ3v) is 6.68. The number of halogens is 1. The number of aliphatic hydroxyl groups is 1. The van der Waals surface area contributed by atoms with Gasteiger partial charge in [-0.2, -0.15) is 4.98 Å². The van der Waals surface area contributed by atoms with Crippen molar-refractivity contribution in [3.63, 3.8) is 0 Å². The Labute approximate surface area is 216 Å². The molecule has 0 saturated carbocycles. The molecule has 194 valence electrons. The van der Waals surface area contributed by atoms with Gasteiger partial charge in [0.2, 0.25) is 5.95 Å². The van der Waals surface area contributed by atoms with Gasteiger partial charge in [0.25, 0.3) is 5.91 Å². The number of hydrogen-bond donors (Lipinski definition) is 3. The van der Waals surface area contributed by atoms with E-state index in [-0.39, 0.29) is 18.1 Å². The number of fused-ring (bicyclic) bond motifs is 1. The van der Waals surface area contributed by atoms with Crippen molar-refractivity contribution in [2.75, 3.05) is 29.5 Å². The molecule has 1 atom stereocenters. The number of hydrogen-bond acceptors (Lipinski definition) is 6. The Hall–Kier alpha value is -3.83. The van der Waals surface area contributed by atoms with Crippen molar-refractivity contribution in [3.8, 4) is 0 Å². The molecule has 3 N–H and O–H groups in total. The molecule has 0 aliphatic heterocycles. The first-order valence-electron chi connectivity index (χ1n) is 11.6. The summed E-state index contributed by atoms with van der Waals surface area (Å²) >= 11 is 0. The van der Waals surface area contributed by atoms with Gasteiger partial charge < -0.3 is 20.3 Å². The van der Waals surface area contributed by atoms with Gasteiger partial charge in [0.1, 0.15) is 22.5 Å². The maximum atomic E-state index is 14.7. The first kappa shape index (κ1) is 26.2. The molecule has 4 rings (SSSR count). The first-order valence-corrected chi connectivity index (χ1v) is 13.1. The van der Waals surface area contributed by atoms with Crippen LogP contribution in [0.1, 0.15) is 29.8 Å². The number of anilines is 3. The van der Waals surface area contributed by atoms with Gasteiger partial charge in [-0.25, -0.2) is 13.6 Å². The van der Waals surface area contributed by atoms with Crippen LogP contribution in [0.3, 0.4) is 0 Å². The molecule has 2 aromatic carbocycles. The van der Waals surface area contributed by atoms with Crippen molar-refractivity contribution in [1.29, 1.82) is 0 Å². The van der Waals surface area contributed by atoms with Gasteiger partial charge >= 0.3 is 0 Å². The van der Waals surface area contributed by atoms with Crippen molar-refractivity contribution >= 4 is 45.2 Å². The van der Waals surface area contributed by atoms with E-state index in [9.17, 15) is 18.5 Å². The Balaban J connectivity index is 1.55. The molecule has 0 aliphatic rings. The maximum absolute atomic E-state index is 14.7. The largest absolute Gasteiger partial charge is 0.389 e. The third kappa shape index (κ3) is 6.30. The summed E-state index contributed by atoms with van der Waals surface area (Å²) < 4.78 is 30.4. The predicted octanol–water partition coefficient (Wildman–Crippen LogP) is 3.59. The Morgan fingerprint density at radius 2 is 1.97 bits per heavy atom. The van der Waals surface area contributed by atoms with Crippen LogP contribution in [0.4, 0.5) is 21.7 Å². The van der Waals surface area contributed by atoms with Crippen molar-refractivity contribution in [2.45, 2.75) is 26.0 Å². The smallest absolute Gasteiger partial charge is 0.254 e. The molecule has 0 radical (unpaired) electrons. The highest BCUT2D eigenvalue weighted by Gasteiger charge is 2.18. The molecule has 0 bridgehead atoms. The molecule has 11 heteroatoms. The lowest BCUT2D eigenvalue weighted by atomic mass is 10.1. The van der Waals surface area contributed by atoms with E-state index < -0.39 is 28.3 Å². The highest BCUT2D eigenvalue weighted by Crippen LogP contribution is 2.24. The maximum Gasteiger partial charge on any atom is 0.254 e. The fourth-order valence-electron chi connectivity index (χ4n) is 3.73. The van der Waals surface area contributed by atoms with Crippen molar-refractivity contribution < 1.29 is 18.5 Å². The highest BCUT2D eigenvalue weighted by molar-refractivity contribution is 7.85. The van der Waals surface area contributed by atoms with Crippen LogP contribution < -0.4 is 14.9 Å². The summed E-state index contributed by atoms with van der Waals surface area (Å²) in [6.45, 7) is 3.60. The van der Waals surface area contributed by atoms with Gasteiger partial charge in [0.15, 0.2) is 0 Å². The molecule has 9 nitrogen and oxygen atoms in total. The van der Waals surface area contributed by atoms with Crippen LogP contribution >= 0.6 is 0 Å². The fourth-order valence-corrected chi connectivity index (χ4v) is 4.19. The number of benzene rings is 2. The average molecular weight is 525 g/mol. The molecule has 0 saturated heterocycles. The number of carbonyl (C=O) groups excluding carboxylic acids is 1. The summed E-state index contributed by atoms with van der Waals surface area (Å²) in [5, 5.41) is 16.1. The molecular weight excluding hydrogens is 495 g/mol. The number of aromatic nitrogens is 3. The molecule has 4 aromatic rings. The molecule has 0 spiro atoms. The van der Waals surface area contributed by atoms with Crippen LogP contribution in [0.5, 0.6) is 0 Å². The van der Waals surface area contributed by atoms with E-state index in [0.29, 0.717) is 17.9 Å². The quantitative estimate of drug-likeness (QED) is 0.309. The van der Waals surface area contributed by atoms with Crippen LogP contribution in [0.2, 0.25) is 0 Å². The van der Waals surface area contributed by atoms with Crippen molar-refractivity contribution in [1.82, 2.24) is 19.9 Å². The van der Waals surface area contributed by atoms with Crippen molar-refractivity contribution in [2.24, 2.45) is 0 Å². The SMILES string of the molecule is CN(c1ccccc1Cn1ccc2cnc(Nc3ccc(C(=O)NCC(C)(C)O)c(F)c3)nc21)S(C)=O.